The van der Waals surface area contributed by atoms with Crippen molar-refractivity contribution in [3.05, 3.63) is 64.7 Å². The number of phenols is 1. The van der Waals surface area contributed by atoms with E-state index in [0.29, 0.717) is 5.75 Å². The fourth-order valence-corrected chi connectivity index (χ4v) is 2.76. The topological polar surface area (TPSA) is 20.2 Å². The Balaban J connectivity index is 2.50. The maximum atomic E-state index is 10.0. The Bertz CT molecular complexity index is 654. The molecule has 1 nitrogen and oxygen atoms in total. The maximum Gasteiger partial charge on any atom is 0.119 e. The van der Waals surface area contributed by atoms with Gasteiger partial charge in [0.25, 0.3) is 0 Å². The molecule has 0 saturated heterocycles. The summed E-state index contributed by atoms with van der Waals surface area (Å²) in [5, 5.41) is 10.0. The van der Waals surface area contributed by atoms with Gasteiger partial charge in [0, 0.05) is 6.42 Å². The number of benzene rings is 2. The van der Waals surface area contributed by atoms with Crippen LogP contribution in [0.25, 0.3) is 0 Å². The summed E-state index contributed by atoms with van der Waals surface area (Å²) < 4.78 is 0. The van der Waals surface area contributed by atoms with Gasteiger partial charge >= 0.3 is 0 Å². The highest BCUT2D eigenvalue weighted by Gasteiger charge is 2.22. The number of aromatic hydroxyl groups is 1. The van der Waals surface area contributed by atoms with Crippen molar-refractivity contribution >= 4 is 0 Å². The van der Waals surface area contributed by atoms with Gasteiger partial charge in [0.05, 0.1) is 0 Å². The summed E-state index contributed by atoms with van der Waals surface area (Å²) in [6.07, 6.45) is 0.768. The standard InChI is InChI=1S/C21H28O/c1-20(2,3)17-12-11-15(18(14-17)21(4,5)6)13-16-9-7-8-10-19(16)22/h7-12,14,22H,13H2,1-6H3. The molecule has 1 heteroatoms. The number of phenolic OH excluding ortho intramolecular Hbond substituents is 1. The van der Waals surface area contributed by atoms with E-state index < -0.39 is 0 Å². The highest BCUT2D eigenvalue weighted by Crippen LogP contribution is 2.33. The molecule has 0 saturated carbocycles. The van der Waals surface area contributed by atoms with Gasteiger partial charge in [-0.25, -0.2) is 0 Å². The van der Waals surface area contributed by atoms with Crippen molar-refractivity contribution in [1.82, 2.24) is 0 Å². The van der Waals surface area contributed by atoms with Crippen molar-refractivity contribution in [2.24, 2.45) is 0 Å². The molecular formula is C21H28O. The Morgan fingerprint density at radius 3 is 1.95 bits per heavy atom. The van der Waals surface area contributed by atoms with Crippen LogP contribution in [0.4, 0.5) is 0 Å². The molecule has 22 heavy (non-hydrogen) atoms. The normalized spacial score (nSPS) is 12.5. The first-order chi connectivity index (χ1) is 10.1. The second kappa shape index (κ2) is 5.79. The third-order valence-electron chi connectivity index (χ3n) is 4.16. The molecule has 0 spiro atoms. The van der Waals surface area contributed by atoms with Crippen LogP contribution < -0.4 is 0 Å². The monoisotopic (exact) mass is 296 g/mol. The molecule has 0 aromatic heterocycles. The summed E-state index contributed by atoms with van der Waals surface area (Å²) in [7, 11) is 0. The zero-order valence-electron chi connectivity index (χ0n) is 14.7. The molecule has 0 aliphatic heterocycles. The van der Waals surface area contributed by atoms with Crippen molar-refractivity contribution in [1.29, 1.82) is 0 Å². The van der Waals surface area contributed by atoms with E-state index in [-0.39, 0.29) is 10.8 Å². The van der Waals surface area contributed by atoms with E-state index in [0.717, 1.165) is 12.0 Å². The van der Waals surface area contributed by atoms with Gasteiger partial charge in [0.1, 0.15) is 5.75 Å². The fourth-order valence-electron chi connectivity index (χ4n) is 2.76. The van der Waals surface area contributed by atoms with E-state index in [1.807, 2.05) is 18.2 Å². The Hall–Kier alpha value is -1.76. The molecule has 2 rings (SSSR count). The average Bonchev–Trinajstić information content (AvgIpc) is 2.39. The lowest BCUT2D eigenvalue weighted by Gasteiger charge is -2.27. The molecule has 2 aromatic rings. The third-order valence-corrected chi connectivity index (χ3v) is 4.16. The van der Waals surface area contributed by atoms with Gasteiger partial charge in [0.2, 0.25) is 0 Å². The zero-order chi connectivity index (χ0) is 16.5. The highest BCUT2D eigenvalue weighted by molar-refractivity contribution is 5.44. The lowest BCUT2D eigenvalue weighted by Crippen LogP contribution is -2.18. The molecule has 0 bridgehead atoms. The molecule has 0 atom stereocenters. The highest BCUT2D eigenvalue weighted by atomic mass is 16.3. The lowest BCUT2D eigenvalue weighted by atomic mass is 9.77. The molecular weight excluding hydrogens is 268 g/mol. The minimum Gasteiger partial charge on any atom is -0.508 e. The number of hydrogen-bond donors (Lipinski definition) is 1. The summed E-state index contributed by atoms with van der Waals surface area (Å²) in [6.45, 7) is 13.5. The van der Waals surface area contributed by atoms with Gasteiger partial charge in [0.15, 0.2) is 0 Å². The smallest absolute Gasteiger partial charge is 0.119 e. The number of hydrogen-bond acceptors (Lipinski definition) is 1. The van der Waals surface area contributed by atoms with Gasteiger partial charge in [-0.1, -0.05) is 77.9 Å². The summed E-state index contributed by atoms with van der Waals surface area (Å²) >= 11 is 0. The van der Waals surface area contributed by atoms with E-state index in [1.165, 1.54) is 16.7 Å². The first-order valence-electron chi connectivity index (χ1n) is 8.00. The zero-order valence-corrected chi connectivity index (χ0v) is 14.7. The van der Waals surface area contributed by atoms with Crippen LogP contribution in [0.2, 0.25) is 0 Å². The van der Waals surface area contributed by atoms with Gasteiger partial charge < -0.3 is 5.11 Å². The van der Waals surface area contributed by atoms with Crippen LogP contribution in [0.1, 0.15) is 63.8 Å². The van der Waals surface area contributed by atoms with Crippen LogP contribution >= 0.6 is 0 Å². The molecule has 0 aliphatic carbocycles. The second-order valence-corrected chi connectivity index (χ2v) is 8.18. The summed E-state index contributed by atoms with van der Waals surface area (Å²) in [6, 6.07) is 14.4. The molecule has 118 valence electrons. The van der Waals surface area contributed by atoms with E-state index >= 15 is 0 Å². The van der Waals surface area contributed by atoms with Crippen LogP contribution in [0, 0.1) is 0 Å². The van der Waals surface area contributed by atoms with Crippen molar-refractivity contribution in [2.75, 3.05) is 0 Å². The lowest BCUT2D eigenvalue weighted by molar-refractivity contribution is 0.469. The summed E-state index contributed by atoms with van der Waals surface area (Å²) in [5.74, 6) is 0.377. The van der Waals surface area contributed by atoms with Gasteiger partial charge in [-0.3, -0.25) is 0 Å². The maximum absolute atomic E-state index is 10.0. The second-order valence-electron chi connectivity index (χ2n) is 8.18. The first kappa shape index (κ1) is 16.6. The van der Waals surface area contributed by atoms with E-state index in [9.17, 15) is 5.11 Å². The average molecular weight is 296 g/mol. The summed E-state index contributed by atoms with van der Waals surface area (Å²) in [4.78, 5) is 0. The fraction of sp³-hybridized carbons (Fsp3) is 0.429. The summed E-state index contributed by atoms with van der Waals surface area (Å²) in [5.41, 5.74) is 5.23. The SMILES string of the molecule is CC(C)(C)c1ccc(Cc2ccccc2O)c(C(C)(C)C)c1. The quantitative estimate of drug-likeness (QED) is 0.767. The Morgan fingerprint density at radius 2 is 1.41 bits per heavy atom. The predicted molar refractivity (Wildman–Crippen MR) is 94.8 cm³/mol. The van der Waals surface area contributed by atoms with Gasteiger partial charge in [-0.15, -0.1) is 0 Å². The van der Waals surface area contributed by atoms with Gasteiger partial charge in [-0.05, 0) is 39.2 Å². The number of para-hydroxylation sites is 1. The largest absolute Gasteiger partial charge is 0.508 e. The molecule has 0 fully saturated rings. The van der Waals surface area contributed by atoms with Crippen molar-refractivity contribution in [2.45, 2.75) is 58.8 Å². The Kier molecular flexibility index (Phi) is 4.37. The van der Waals surface area contributed by atoms with Crippen LogP contribution in [-0.2, 0) is 17.3 Å². The van der Waals surface area contributed by atoms with Crippen molar-refractivity contribution in [3.63, 3.8) is 0 Å². The molecule has 2 aromatic carbocycles. The Labute approximate surface area is 135 Å². The predicted octanol–water partition coefficient (Wildman–Crippen LogP) is 5.58. The van der Waals surface area contributed by atoms with Gasteiger partial charge in [-0.2, -0.15) is 0 Å². The van der Waals surface area contributed by atoms with Crippen molar-refractivity contribution < 1.29 is 5.11 Å². The van der Waals surface area contributed by atoms with E-state index in [4.69, 9.17) is 0 Å². The first-order valence-corrected chi connectivity index (χ1v) is 8.00. The van der Waals surface area contributed by atoms with Crippen molar-refractivity contribution in [3.8, 4) is 5.75 Å². The Morgan fingerprint density at radius 1 is 0.773 bits per heavy atom. The molecule has 0 radical (unpaired) electrons. The third kappa shape index (κ3) is 3.71. The molecule has 0 heterocycles. The molecule has 0 aliphatic rings. The minimum absolute atomic E-state index is 0.0843. The minimum atomic E-state index is 0.0843. The van der Waals surface area contributed by atoms with E-state index in [1.54, 1.807) is 6.07 Å². The molecule has 0 unspecified atom stereocenters. The van der Waals surface area contributed by atoms with E-state index in [2.05, 4.69) is 59.7 Å². The number of rotatable bonds is 2. The molecule has 1 N–H and O–H groups in total. The van der Waals surface area contributed by atoms with Crippen LogP contribution in [-0.4, -0.2) is 5.11 Å². The molecule has 0 amide bonds. The van der Waals surface area contributed by atoms with Crippen LogP contribution in [0.15, 0.2) is 42.5 Å². The van der Waals surface area contributed by atoms with Crippen LogP contribution in [0.3, 0.4) is 0 Å². The van der Waals surface area contributed by atoms with Crippen LogP contribution in [0.5, 0.6) is 5.75 Å².